The minimum absolute atomic E-state index is 0.0431. The van der Waals surface area contributed by atoms with Crippen molar-refractivity contribution in [2.24, 2.45) is 0 Å². The second-order valence-electron chi connectivity index (χ2n) is 6.40. The van der Waals surface area contributed by atoms with Gasteiger partial charge in [-0.3, -0.25) is 14.5 Å². The summed E-state index contributed by atoms with van der Waals surface area (Å²) in [4.78, 5) is 29.6. The number of amides is 2. The predicted molar refractivity (Wildman–Crippen MR) is 87.8 cm³/mol. The molecule has 24 heavy (non-hydrogen) atoms. The number of nitrogens with zero attached hydrogens (tertiary/aromatic N) is 2. The maximum atomic E-state index is 13.2. The second kappa shape index (κ2) is 4.84. The Bertz CT molecular complexity index is 849. The highest BCUT2D eigenvalue weighted by Gasteiger charge is 2.48. The molecule has 0 saturated carbocycles. The van der Waals surface area contributed by atoms with Gasteiger partial charge in [-0.1, -0.05) is 36.4 Å². The van der Waals surface area contributed by atoms with Gasteiger partial charge in [0.25, 0.3) is 11.8 Å². The van der Waals surface area contributed by atoms with Crippen LogP contribution in [0, 0.1) is 0 Å². The summed E-state index contributed by atoms with van der Waals surface area (Å²) in [5.74, 6) is 0.491. The summed E-state index contributed by atoms with van der Waals surface area (Å²) in [5.41, 5.74) is 2.09. The smallest absolute Gasteiger partial charge is 0.256 e. The Morgan fingerprint density at radius 2 is 1.83 bits per heavy atom. The van der Waals surface area contributed by atoms with Gasteiger partial charge in [0.2, 0.25) is 6.23 Å². The molecular formula is C19H16N2O3. The largest absolute Gasteiger partial charge is 0.464 e. The number of hydrogen-bond acceptors (Lipinski definition) is 3. The van der Waals surface area contributed by atoms with Gasteiger partial charge in [-0.2, -0.15) is 0 Å². The molecule has 2 aromatic rings. The van der Waals surface area contributed by atoms with Crippen molar-refractivity contribution in [1.29, 1.82) is 0 Å². The van der Waals surface area contributed by atoms with Crippen molar-refractivity contribution in [1.82, 2.24) is 4.90 Å². The fraction of sp³-hybridized carbons (Fsp3) is 0.263. The molecule has 0 bridgehead atoms. The van der Waals surface area contributed by atoms with Crippen LogP contribution in [-0.2, 0) is 4.79 Å². The van der Waals surface area contributed by atoms with Gasteiger partial charge >= 0.3 is 0 Å². The minimum Gasteiger partial charge on any atom is -0.464 e. The van der Waals surface area contributed by atoms with Crippen molar-refractivity contribution in [2.45, 2.75) is 25.1 Å². The summed E-state index contributed by atoms with van der Waals surface area (Å²) in [6.45, 7) is 0.642. The number of anilines is 1. The van der Waals surface area contributed by atoms with E-state index >= 15 is 0 Å². The van der Waals surface area contributed by atoms with Crippen LogP contribution in [0.4, 0.5) is 5.69 Å². The van der Waals surface area contributed by atoms with E-state index < -0.39 is 6.23 Å². The standard InChI is InChI=1S/C19H16N2O3/c22-17-13-8-4-10-15-16(13)21(18(23)14-9-5-11-20(14)17)19(24-15)12-6-2-1-3-7-12/h1-4,6-8,10,14,19H,5,9,11H2. The average Bonchev–Trinajstić information content (AvgIpc) is 3.24. The lowest BCUT2D eigenvalue weighted by Gasteiger charge is -2.27. The topological polar surface area (TPSA) is 49.9 Å². The van der Waals surface area contributed by atoms with Gasteiger partial charge in [0.1, 0.15) is 17.5 Å². The highest BCUT2D eigenvalue weighted by molar-refractivity contribution is 6.13. The van der Waals surface area contributed by atoms with Gasteiger partial charge in [0, 0.05) is 12.1 Å². The first-order chi connectivity index (χ1) is 11.8. The number of carbonyl (C=O) groups is 2. The number of ether oxygens (including phenoxy) is 1. The first-order valence-electron chi connectivity index (χ1n) is 8.24. The van der Waals surface area contributed by atoms with E-state index in [-0.39, 0.29) is 17.9 Å². The third-order valence-electron chi connectivity index (χ3n) is 5.06. The number of para-hydroxylation sites is 1. The van der Waals surface area contributed by atoms with Crippen molar-refractivity contribution in [2.75, 3.05) is 11.4 Å². The zero-order chi connectivity index (χ0) is 16.3. The lowest BCUT2D eigenvalue weighted by atomic mass is 10.1. The maximum absolute atomic E-state index is 13.2. The van der Waals surface area contributed by atoms with Crippen LogP contribution in [0.25, 0.3) is 0 Å². The molecule has 120 valence electrons. The van der Waals surface area contributed by atoms with Crippen LogP contribution in [-0.4, -0.2) is 29.3 Å². The molecule has 1 fully saturated rings. The molecule has 2 aromatic carbocycles. The number of benzene rings is 2. The van der Waals surface area contributed by atoms with E-state index in [0.29, 0.717) is 30.0 Å². The third-order valence-corrected chi connectivity index (χ3v) is 5.06. The molecule has 5 rings (SSSR count). The first-order valence-corrected chi connectivity index (χ1v) is 8.24. The van der Waals surface area contributed by atoms with Crippen LogP contribution in [0.1, 0.15) is 35.0 Å². The molecule has 0 spiro atoms. The first kappa shape index (κ1) is 13.6. The Labute approximate surface area is 139 Å². The quantitative estimate of drug-likeness (QED) is 0.812. The summed E-state index contributed by atoms with van der Waals surface area (Å²) >= 11 is 0. The normalized spacial score (nSPS) is 24.5. The SMILES string of the molecule is O=C1c2cccc3c2N(C(=O)C2CCCN12)C(c1ccccc1)O3. The van der Waals surface area contributed by atoms with E-state index in [2.05, 4.69) is 0 Å². The average molecular weight is 320 g/mol. The lowest BCUT2D eigenvalue weighted by Crippen LogP contribution is -2.45. The molecule has 5 heteroatoms. The van der Waals surface area contributed by atoms with Crippen molar-refractivity contribution in [3.63, 3.8) is 0 Å². The zero-order valence-corrected chi connectivity index (χ0v) is 13.0. The number of carbonyl (C=O) groups excluding carboxylic acids is 2. The Hall–Kier alpha value is -2.82. The summed E-state index contributed by atoms with van der Waals surface area (Å²) in [7, 11) is 0. The highest BCUT2D eigenvalue weighted by Crippen LogP contribution is 2.48. The van der Waals surface area contributed by atoms with Crippen LogP contribution in [0.3, 0.4) is 0 Å². The van der Waals surface area contributed by atoms with E-state index in [1.807, 2.05) is 42.5 Å². The molecular weight excluding hydrogens is 304 g/mol. The Morgan fingerprint density at radius 3 is 2.67 bits per heavy atom. The Morgan fingerprint density at radius 1 is 1.00 bits per heavy atom. The molecule has 2 unspecified atom stereocenters. The fourth-order valence-corrected chi connectivity index (χ4v) is 3.97. The van der Waals surface area contributed by atoms with Gasteiger partial charge in [0.05, 0.1) is 5.56 Å². The van der Waals surface area contributed by atoms with Crippen LogP contribution < -0.4 is 9.64 Å². The van der Waals surface area contributed by atoms with E-state index in [1.54, 1.807) is 15.9 Å². The van der Waals surface area contributed by atoms with Gasteiger partial charge in [0.15, 0.2) is 0 Å². The Balaban J connectivity index is 1.72. The van der Waals surface area contributed by atoms with Crippen molar-refractivity contribution < 1.29 is 14.3 Å². The molecule has 2 atom stereocenters. The molecule has 0 N–H and O–H groups in total. The van der Waals surface area contributed by atoms with Crippen molar-refractivity contribution >= 4 is 17.5 Å². The molecule has 3 heterocycles. The predicted octanol–water partition coefficient (Wildman–Crippen LogP) is 2.73. The second-order valence-corrected chi connectivity index (χ2v) is 6.40. The molecule has 3 aliphatic heterocycles. The van der Waals surface area contributed by atoms with E-state index in [4.69, 9.17) is 4.74 Å². The summed E-state index contributed by atoms with van der Waals surface area (Å²) in [5, 5.41) is 0. The van der Waals surface area contributed by atoms with Crippen LogP contribution in [0.5, 0.6) is 5.75 Å². The van der Waals surface area contributed by atoms with E-state index in [0.717, 1.165) is 12.0 Å². The van der Waals surface area contributed by atoms with E-state index in [1.165, 1.54) is 0 Å². The number of rotatable bonds is 1. The molecule has 0 aromatic heterocycles. The molecule has 0 radical (unpaired) electrons. The fourth-order valence-electron chi connectivity index (χ4n) is 3.97. The third kappa shape index (κ3) is 1.69. The number of hydrogen-bond donors (Lipinski definition) is 0. The zero-order valence-electron chi connectivity index (χ0n) is 13.0. The number of fused-ring (bicyclic) bond motifs is 1. The summed E-state index contributed by atoms with van der Waals surface area (Å²) < 4.78 is 6.07. The van der Waals surface area contributed by atoms with Crippen LogP contribution in [0.2, 0.25) is 0 Å². The molecule has 2 amide bonds. The maximum Gasteiger partial charge on any atom is 0.256 e. The van der Waals surface area contributed by atoms with Crippen LogP contribution in [0.15, 0.2) is 48.5 Å². The summed E-state index contributed by atoms with van der Waals surface area (Å²) in [6.07, 6.45) is 1.07. The van der Waals surface area contributed by atoms with Gasteiger partial charge < -0.3 is 9.64 Å². The molecule has 5 nitrogen and oxygen atoms in total. The van der Waals surface area contributed by atoms with Crippen LogP contribution >= 0.6 is 0 Å². The van der Waals surface area contributed by atoms with Gasteiger partial charge in [-0.25, -0.2) is 0 Å². The van der Waals surface area contributed by atoms with E-state index in [9.17, 15) is 9.59 Å². The van der Waals surface area contributed by atoms with Crippen molar-refractivity contribution in [3.05, 3.63) is 59.7 Å². The molecule has 0 aliphatic carbocycles. The molecule has 1 saturated heterocycles. The summed E-state index contributed by atoms with van der Waals surface area (Å²) in [6, 6.07) is 14.7. The highest BCUT2D eigenvalue weighted by atomic mass is 16.5. The van der Waals surface area contributed by atoms with Gasteiger partial charge in [-0.15, -0.1) is 0 Å². The minimum atomic E-state index is -0.511. The monoisotopic (exact) mass is 320 g/mol. The lowest BCUT2D eigenvalue weighted by molar-refractivity contribution is -0.123. The van der Waals surface area contributed by atoms with Crippen molar-refractivity contribution in [3.8, 4) is 5.75 Å². The molecule has 3 aliphatic rings. The Kier molecular flexibility index (Phi) is 2.74. The van der Waals surface area contributed by atoms with Gasteiger partial charge in [-0.05, 0) is 25.0 Å².